The van der Waals surface area contributed by atoms with Gasteiger partial charge in [-0.2, -0.15) is 4.98 Å². The topological polar surface area (TPSA) is 59.5 Å². The van der Waals surface area contributed by atoms with Crippen LogP contribution in [-0.4, -0.2) is 33.2 Å². The average Bonchev–Trinajstić information content (AvgIpc) is 2.80. The van der Waals surface area contributed by atoms with Crippen LogP contribution in [0.2, 0.25) is 5.02 Å². The summed E-state index contributed by atoms with van der Waals surface area (Å²) >= 11 is 5.98. The number of nitrogens with zero attached hydrogens (tertiary/aromatic N) is 4. The molecule has 0 bridgehead atoms. The van der Waals surface area contributed by atoms with E-state index in [1.54, 1.807) is 10.7 Å². The minimum absolute atomic E-state index is 0.330. The number of aromatic nitrogens is 3. The molecule has 0 saturated carbocycles. The largest absolute Gasteiger partial charge is 0.333 e. The van der Waals surface area contributed by atoms with Crippen molar-refractivity contribution in [1.29, 1.82) is 0 Å². The lowest BCUT2D eigenvalue weighted by Gasteiger charge is -2.39. The Morgan fingerprint density at radius 1 is 1.42 bits per heavy atom. The molecule has 2 aromatic rings. The Bertz CT molecular complexity index is 581. The van der Waals surface area contributed by atoms with Gasteiger partial charge in [0.15, 0.2) is 5.65 Å². The molecule has 1 saturated heterocycles. The second-order valence-corrected chi connectivity index (χ2v) is 5.58. The summed E-state index contributed by atoms with van der Waals surface area (Å²) in [6, 6.07) is 4.46. The Balaban J connectivity index is 2.01. The maximum atomic E-state index is 5.98. The molecule has 0 radical (unpaired) electrons. The minimum Gasteiger partial charge on any atom is -0.333 e. The number of hydrogen-bond acceptors (Lipinski definition) is 4. The molecular weight excluding hydrogens is 262 g/mol. The first-order valence-corrected chi connectivity index (χ1v) is 7.07. The highest BCUT2D eigenvalue weighted by atomic mass is 35.5. The van der Waals surface area contributed by atoms with Gasteiger partial charge in [0.1, 0.15) is 0 Å². The van der Waals surface area contributed by atoms with Crippen LogP contribution < -0.4 is 10.6 Å². The normalized spacial score (nSPS) is 24.1. The molecule has 6 heteroatoms. The second kappa shape index (κ2) is 4.98. The maximum Gasteiger partial charge on any atom is 0.246 e. The summed E-state index contributed by atoms with van der Waals surface area (Å²) in [7, 11) is 0. The molecule has 2 unspecified atom stereocenters. The van der Waals surface area contributed by atoms with Gasteiger partial charge in [-0.15, -0.1) is 5.10 Å². The first kappa shape index (κ1) is 12.7. The van der Waals surface area contributed by atoms with Gasteiger partial charge in [0, 0.05) is 24.8 Å². The monoisotopic (exact) mass is 279 g/mol. The zero-order valence-corrected chi connectivity index (χ0v) is 11.7. The van der Waals surface area contributed by atoms with Gasteiger partial charge in [-0.05, 0) is 38.3 Å². The van der Waals surface area contributed by atoms with Crippen LogP contribution >= 0.6 is 11.6 Å². The van der Waals surface area contributed by atoms with Crippen molar-refractivity contribution in [3.8, 4) is 0 Å². The molecule has 1 aliphatic rings. The number of hydrogen-bond donors (Lipinski definition) is 1. The number of nitrogens with two attached hydrogens (primary N) is 1. The van der Waals surface area contributed by atoms with E-state index in [0.717, 1.165) is 24.4 Å². The third kappa shape index (κ3) is 2.28. The quantitative estimate of drug-likeness (QED) is 0.914. The minimum atomic E-state index is 0.330. The van der Waals surface area contributed by atoms with Crippen molar-refractivity contribution in [2.45, 2.75) is 38.3 Å². The first-order chi connectivity index (χ1) is 9.19. The molecule has 0 aliphatic carbocycles. The van der Waals surface area contributed by atoms with Crippen LogP contribution in [0, 0.1) is 0 Å². The standard InChI is InChI=1S/C13H18ClN5/c1-9-3-2-4-11(7-15)19(9)13-16-12-6-5-10(14)8-18(12)17-13/h5-6,8-9,11H,2-4,7,15H2,1H3. The summed E-state index contributed by atoms with van der Waals surface area (Å²) < 4.78 is 1.73. The Morgan fingerprint density at radius 2 is 2.26 bits per heavy atom. The Hall–Kier alpha value is -1.33. The molecule has 0 amide bonds. The molecule has 2 N–H and O–H groups in total. The van der Waals surface area contributed by atoms with Crippen molar-refractivity contribution < 1.29 is 0 Å². The SMILES string of the molecule is CC1CCCC(CN)N1c1nc2ccc(Cl)cn2n1. The predicted molar refractivity (Wildman–Crippen MR) is 76.6 cm³/mol. The molecule has 3 heterocycles. The smallest absolute Gasteiger partial charge is 0.246 e. The van der Waals surface area contributed by atoms with E-state index in [-0.39, 0.29) is 0 Å². The third-order valence-corrected chi connectivity index (χ3v) is 4.04. The van der Waals surface area contributed by atoms with E-state index in [9.17, 15) is 0 Å². The third-order valence-electron chi connectivity index (χ3n) is 3.81. The lowest BCUT2D eigenvalue weighted by atomic mass is 9.97. The van der Waals surface area contributed by atoms with Crippen molar-refractivity contribution >= 4 is 23.2 Å². The van der Waals surface area contributed by atoms with E-state index in [0.29, 0.717) is 23.7 Å². The van der Waals surface area contributed by atoms with Crippen LogP contribution in [-0.2, 0) is 0 Å². The molecule has 1 aliphatic heterocycles. The van der Waals surface area contributed by atoms with Gasteiger partial charge in [-0.1, -0.05) is 11.6 Å². The highest BCUT2D eigenvalue weighted by molar-refractivity contribution is 6.30. The second-order valence-electron chi connectivity index (χ2n) is 5.14. The van der Waals surface area contributed by atoms with Gasteiger partial charge in [-0.25, -0.2) is 4.52 Å². The summed E-state index contributed by atoms with van der Waals surface area (Å²) in [5.41, 5.74) is 6.70. The number of piperidine rings is 1. The summed E-state index contributed by atoms with van der Waals surface area (Å²) in [5.74, 6) is 0.755. The van der Waals surface area contributed by atoms with E-state index in [1.165, 1.54) is 6.42 Å². The van der Waals surface area contributed by atoms with E-state index >= 15 is 0 Å². The van der Waals surface area contributed by atoms with Crippen LogP contribution in [0.1, 0.15) is 26.2 Å². The summed E-state index contributed by atoms with van der Waals surface area (Å²) in [5, 5.41) is 5.20. The van der Waals surface area contributed by atoms with Crippen molar-refractivity contribution in [3.05, 3.63) is 23.4 Å². The Kier molecular flexibility index (Phi) is 3.33. The van der Waals surface area contributed by atoms with Crippen LogP contribution in [0.15, 0.2) is 18.3 Å². The highest BCUT2D eigenvalue weighted by Crippen LogP contribution is 2.27. The molecule has 102 valence electrons. The van der Waals surface area contributed by atoms with Gasteiger partial charge < -0.3 is 10.6 Å². The van der Waals surface area contributed by atoms with Crippen LogP contribution in [0.25, 0.3) is 5.65 Å². The molecule has 5 nitrogen and oxygen atoms in total. The van der Waals surface area contributed by atoms with Gasteiger partial charge in [0.25, 0.3) is 0 Å². The van der Waals surface area contributed by atoms with Crippen molar-refractivity contribution in [2.75, 3.05) is 11.4 Å². The van der Waals surface area contributed by atoms with Crippen molar-refractivity contribution in [3.63, 3.8) is 0 Å². The number of halogens is 1. The van der Waals surface area contributed by atoms with E-state index < -0.39 is 0 Å². The Morgan fingerprint density at radius 3 is 3.05 bits per heavy atom. The highest BCUT2D eigenvalue weighted by Gasteiger charge is 2.29. The summed E-state index contributed by atoms with van der Waals surface area (Å²) in [6.45, 7) is 2.85. The molecule has 2 atom stereocenters. The van der Waals surface area contributed by atoms with E-state index in [1.807, 2.05) is 12.1 Å². The number of fused-ring (bicyclic) bond motifs is 1. The first-order valence-electron chi connectivity index (χ1n) is 6.69. The maximum absolute atomic E-state index is 5.98. The molecule has 0 aromatic carbocycles. The summed E-state index contributed by atoms with van der Waals surface area (Å²) in [6.07, 6.45) is 5.27. The van der Waals surface area contributed by atoms with Crippen LogP contribution in [0.5, 0.6) is 0 Å². The van der Waals surface area contributed by atoms with E-state index in [2.05, 4.69) is 21.9 Å². The van der Waals surface area contributed by atoms with Crippen LogP contribution in [0.3, 0.4) is 0 Å². The fourth-order valence-corrected chi connectivity index (χ4v) is 2.99. The fourth-order valence-electron chi connectivity index (χ4n) is 2.83. The number of rotatable bonds is 2. The summed E-state index contributed by atoms with van der Waals surface area (Å²) in [4.78, 5) is 6.84. The predicted octanol–water partition coefficient (Wildman–Crippen LogP) is 2.09. The lowest BCUT2D eigenvalue weighted by Crippen LogP contribution is -2.49. The molecular formula is C13H18ClN5. The molecule has 19 heavy (non-hydrogen) atoms. The fraction of sp³-hybridized carbons (Fsp3) is 0.538. The van der Waals surface area contributed by atoms with Gasteiger partial charge in [0.2, 0.25) is 5.95 Å². The molecule has 2 aromatic heterocycles. The molecule has 0 spiro atoms. The molecule has 3 rings (SSSR count). The number of anilines is 1. The average molecular weight is 280 g/mol. The van der Waals surface area contributed by atoms with E-state index in [4.69, 9.17) is 17.3 Å². The van der Waals surface area contributed by atoms with Crippen LogP contribution in [0.4, 0.5) is 5.95 Å². The zero-order valence-electron chi connectivity index (χ0n) is 11.0. The zero-order chi connectivity index (χ0) is 13.4. The van der Waals surface area contributed by atoms with Gasteiger partial charge in [0.05, 0.1) is 5.02 Å². The van der Waals surface area contributed by atoms with Crippen molar-refractivity contribution in [2.24, 2.45) is 5.73 Å². The van der Waals surface area contributed by atoms with Crippen molar-refractivity contribution in [1.82, 2.24) is 14.6 Å². The number of pyridine rings is 1. The van der Waals surface area contributed by atoms with Gasteiger partial charge in [-0.3, -0.25) is 0 Å². The molecule has 1 fully saturated rings. The lowest BCUT2D eigenvalue weighted by molar-refractivity contribution is 0.394. The van der Waals surface area contributed by atoms with Gasteiger partial charge >= 0.3 is 0 Å². The Labute approximate surface area is 117 Å².